The van der Waals surface area contributed by atoms with Gasteiger partial charge in [-0.15, -0.1) is 0 Å². The summed E-state index contributed by atoms with van der Waals surface area (Å²) in [7, 11) is 0. The second-order valence-electron chi connectivity index (χ2n) is 6.05. The lowest BCUT2D eigenvalue weighted by atomic mass is 10.1. The van der Waals surface area contributed by atoms with Gasteiger partial charge >= 0.3 is 0 Å². The van der Waals surface area contributed by atoms with Crippen LogP contribution in [0.5, 0.6) is 0 Å². The number of nitriles is 2. The Bertz CT molecular complexity index is 1370. The fraction of sp³-hybridized carbons (Fsp3) is 0.0833. The molecule has 0 amide bonds. The van der Waals surface area contributed by atoms with Crippen molar-refractivity contribution in [3.63, 3.8) is 0 Å². The van der Waals surface area contributed by atoms with Crippen LogP contribution in [0.1, 0.15) is 25.0 Å². The molecule has 2 heterocycles. The molecular weight excluding hydrogens is 346 g/mol. The van der Waals surface area contributed by atoms with E-state index in [1.807, 2.05) is 66.9 Å². The van der Waals surface area contributed by atoms with Crippen LogP contribution in [0.4, 0.5) is 0 Å². The van der Waals surface area contributed by atoms with E-state index in [0.29, 0.717) is 16.8 Å². The van der Waals surface area contributed by atoms with Crippen LogP contribution in [0.2, 0.25) is 0 Å². The average Bonchev–Trinajstić information content (AvgIpc) is 3.29. The Labute approximate surface area is 162 Å². The predicted molar refractivity (Wildman–Crippen MR) is 111 cm³/mol. The van der Waals surface area contributed by atoms with Gasteiger partial charge in [-0.25, -0.2) is 0 Å². The van der Waals surface area contributed by atoms with E-state index < -0.39 is 0 Å². The summed E-state index contributed by atoms with van der Waals surface area (Å²) in [5.74, 6) is 0. The van der Waals surface area contributed by atoms with Crippen molar-refractivity contribution < 1.29 is 4.42 Å². The third-order valence-electron chi connectivity index (χ3n) is 4.68. The zero-order valence-electron chi connectivity index (χ0n) is 15.6. The van der Waals surface area contributed by atoms with Crippen molar-refractivity contribution in [3.8, 4) is 17.8 Å². The lowest BCUT2D eigenvalue weighted by Crippen LogP contribution is -2.00. The zero-order valence-corrected chi connectivity index (χ0v) is 15.6. The van der Waals surface area contributed by atoms with Crippen LogP contribution in [0.3, 0.4) is 0 Å². The first-order valence-corrected chi connectivity index (χ1v) is 9.17. The Morgan fingerprint density at radius 1 is 0.750 bits per heavy atom. The van der Waals surface area contributed by atoms with Crippen molar-refractivity contribution in [3.05, 3.63) is 77.9 Å². The Kier molecular flexibility index (Phi) is 4.32. The van der Waals surface area contributed by atoms with Crippen molar-refractivity contribution in [2.24, 2.45) is 0 Å². The number of fused-ring (bicyclic) bond motifs is 5. The van der Waals surface area contributed by atoms with E-state index in [1.165, 1.54) is 0 Å². The van der Waals surface area contributed by atoms with Crippen LogP contribution < -0.4 is 0 Å². The number of rotatable bonds is 1. The van der Waals surface area contributed by atoms with Gasteiger partial charge in [0, 0.05) is 10.8 Å². The average molecular weight is 363 g/mol. The van der Waals surface area contributed by atoms with Gasteiger partial charge in [-0.3, -0.25) is 0 Å². The molecule has 0 N–H and O–H groups in total. The van der Waals surface area contributed by atoms with E-state index in [1.54, 1.807) is 18.2 Å². The lowest BCUT2D eigenvalue weighted by Gasteiger charge is -2.11. The molecule has 28 heavy (non-hydrogen) atoms. The first-order valence-electron chi connectivity index (χ1n) is 9.17. The van der Waals surface area contributed by atoms with Crippen molar-refractivity contribution in [2.75, 3.05) is 0 Å². The highest BCUT2D eigenvalue weighted by Gasteiger charge is 2.22. The quantitative estimate of drug-likeness (QED) is 0.351. The molecule has 0 spiro atoms. The summed E-state index contributed by atoms with van der Waals surface area (Å²) < 4.78 is 8.11. The fourth-order valence-corrected chi connectivity index (χ4v) is 3.61. The van der Waals surface area contributed by atoms with Gasteiger partial charge < -0.3 is 8.98 Å². The molecule has 0 aliphatic heterocycles. The van der Waals surface area contributed by atoms with E-state index in [-0.39, 0.29) is 0 Å². The number of benzene rings is 3. The minimum absolute atomic E-state index is 0.456. The normalized spacial score (nSPS) is 10.4. The Morgan fingerprint density at radius 2 is 1.36 bits per heavy atom. The van der Waals surface area contributed by atoms with Gasteiger partial charge in [-0.2, -0.15) is 10.5 Å². The number of hydrogen-bond donors (Lipinski definition) is 0. The molecule has 0 saturated heterocycles. The summed E-state index contributed by atoms with van der Waals surface area (Å²) in [4.78, 5) is 0. The molecule has 0 aliphatic rings. The smallest absolute Gasteiger partial charge is 0.161 e. The number of furan rings is 1. The van der Waals surface area contributed by atoms with Crippen molar-refractivity contribution in [1.82, 2.24) is 4.57 Å². The Hall–Kier alpha value is -4.02. The maximum atomic E-state index is 9.65. The lowest BCUT2D eigenvalue weighted by molar-refractivity contribution is 0.673. The molecule has 5 aromatic rings. The molecule has 4 heteroatoms. The van der Waals surface area contributed by atoms with E-state index >= 15 is 0 Å². The van der Waals surface area contributed by atoms with Crippen molar-refractivity contribution in [1.29, 1.82) is 10.5 Å². The van der Waals surface area contributed by atoms with Crippen LogP contribution in [-0.2, 0) is 0 Å². The molecule has 0 bridgehead atoms. The molecule has 0 saturated carbocycles. The van der Waals surface area contributed by atoms with Gasteiger partial charge in [-0.1, -0.05) is 44.2 Å². The molecule has 2 aromatic heterocycles. The van der Waals surface area contributed by atoms with Gasteiger partial charge in [0.15, 0.2) is 5.58 Å². The van der Waals surface area contributed by atoms with Gasteiger partial charge in [0.1, 0.15) is 23.2 Å². The van der Waals surface area contributed by atoms with E-state index in [2.05, 4.69) is 12.1 Å². The SMILES string of the molecule is CC.N#Cc1cccc(C#N)c1-n1c2ccccc2c2oc3ccccc3c21. The van der Waals surface area contributed by atoms with E-state index in [9.17, 15) is 10.5 Å². The third-order valence-corrected chi connectivity index (χ3v) is 4.68. The van der Waals surface area contributed by atoms with Gasteiger partial charge in [0.05, 0.1) is 22.3 Å². The largest absolute Gasteiger partial charge is 0.454 e. The maximum Gasteiger partial charge on any atom is 0.161 e. The number of nitrogens with zero attached hydrogens (tertiary/aromatic N) is 3. The van der Waals surface area contributed by atoms with Crippen LogP contribution >= 0.6 is 0 Å². The Morgan fingerprint density at radius 3 is 2.04 bits per heavy atom. The molecule has 3 aromatic carbocycles. The summed E-state index contributed by atoms with van der Waals surface area (Å²) >= 11 is 0. The molecule has 0 fully saturated rings. The monoisotopic (exact) mass is 363 g/mol. The summed E-state index contributed by atoms with van der Waals surface area (Å²) in [5.41, 5.74) is 4.83. The number of aromatic nitrogens is 1. The summed E-state index contributed by atoms with van der Waals surface area (Å²) in [6.45, 7) is 4.00. The second kappa shape index (κ2) is 6.95. The molecule has 4 nitrogen and oxygen atoms in total. The minimum Gasteiger partial charge on any atom is -0.454 e. The topological polar surface area (TPSA) is 65.7 Å². The van der Waals surface area contributed by atoms with Crippen LogP contribution in [-0.4, -0.2) is 4.57 Å². The molecular formula is C24H17N3O. The third kappa shape index (κ3) is 2.36. The van der Waals surface area contributed by atoms with E-state index in [4.69, 9.17) is 4.42 Å². The van der Waals surface area contributed by atoms with Crippen LogP contribution in [0.25, 0.3) is 38.7 Å². The van der Waals surface area contributed by atoms with Crippen molar-refractivity contribution in [2.45, 2.75) is 13.8 Å². The minimum atomic E-state index is 0.456. The predicted octanol–water partition coefficient (Wildman–Crippen LogP) is 6.30. The Balaban J connectivity index is 0.000000932. The second-order valence-corrected chi connectivity index (χ2v) is 6.05. The summed E-state index contributed by atoms with van der Waals surface area (Å²) in [6, 6.07) is 25.4. The molecule has 5 rings (SSSR count). The molecule has 134 valence electrons. The summed E-state index contributed by atoms with van der Waals surface area (Å²) in [5, 5.41) is 21.2. The summed E-state index contributed by atoms with van der Waals surface area (Å²) in [6.07, 6.45) is 0. The highest BCUT2D eigenvalue weighted by Crippen LogP contribution is 2.39. The standard InChI is InChI=1S/C22H11N3O.C2H6/c23-12-14-6-5-7-15(13-24)20(14)25-18-10-3-1-8-16(18)22-21(25)17-9-2-4-11-19(17)26-22;1-2/h1-11H;1-2H3. The first kappa shape index (κ1) is 17.4. The number of para-hydroxylation sites is 3. The molecule has 0 atom stereocenters. The molecule has 0 aliphatic carbocycles. The molecule has 0 unspecified atom stereocenters. The first-order chi connectivity index (χ1) is 13.8. The highest BCUT2D eigenvalue weighted by molar-refractivity contribution is 6.16. The molecule has 0 radical (unpaired) electrons. The van der Waals surface area contributed by atoms with Gasteiger partial charge in [0.25, 0.3) is 0 Å². The van der Waals surface area contributed by atoms with Crippen molar-refractivity contribution >= 4 is 33.0 Å². The highest BCUT2D eigenvalue weighted by atomic mass is 16.3. The van der Waals surface area contributed by atoms with Gasteiger partial charge in [-0.05, 0) is 36.4 Å². The van der Waals surface area contributed by atoms with Crippen LogP contribution in [0.15, 0.2) is 71.1 Å². The fourth-order valence-electron chi connectivity index (χ4n) is 3.61. The van der Waals surface area contributed by atoms with Crippen LogP contribution in [0, 0.1) is 22.7 Å². The van der Waals surface area contributed by atoms with Gasteiger partial charge in [0.2, 0.25) is 0 Å². The zero-order chi connectivity index (χ0) is 19.7. The maximum absolute atomic E-state index is 9.65. The van der Waals surface area contributed by atoms with E-state index in [0.717, 1.165) is 33.0 Å². The number of hydrogen-bond acceptors (Lipinski definition) is 3.